The summed E-state index contributed by atoms with van der Waals surface area (Å²) in [5.41, 5.74) is 1.16. The zero-order valence-electron chi connectivity index (χ0n) is 13.8. The van der Waals surface area contributed by atoms with Crippen LogP contribution in [0.4, 0.5) is 0 Å². The second-order valence-electron chi connectivity index (χ2n) is 6.76. The summed E-state index contributed by atoms with van der Waals surface area (Å²) in [5, 5.41) is 3.42. The van der Waals surface area contributed by atoms with Gasteiger partial charge in [-0.15, -0.1) is 0 Å². The number of carbonyl (C=O) groups is 1. The molecule has 1 aliphatic rings. The van der Waals surface area contributed by atoms with Crippen LogP contribution in [0, 0.1) is 0 Å². The molecule has 0 aromatic heterocycles. The number of hydrogen-bond acceptors (Lipinski definition) is 3. The Hall–Kier alpha value is -1.39. The molecule has 1 fully saturated rings. The lowest BCUT2D eigenvalue weighted by molar-refractivity contribution is -0.131. The lowest BCUT2D eigenvalue weighted by atomic mass is 10.0. The third-order valence-electron chi connectivity index (χ3n) is 4.54. The van der Waals surface area contributed by atoms with Crippen molar-refractivity contribution in [3.63, 3.8) is 0 Å². The molecule has 21 heavy (non-hydrogen) atoms. The van der Waals surface area contributed by atoms with Crippen LogP contribution in [0.1, 0.15) is 26.3 Å². The van der Waals surface area contributed by atoms with E-state index in [9.17, 15) is 4.79 Å². The van der Waals surface area contributed by atoms with E-state index in [4.69, 9.17) is 0 Å². The van der Waals surface area contributed by atoms with Crippen LogP contribution in [0.5, 0.6) is 0 Å². The van der Waals surface area contributed by atoms with Gasteiger partial charge < -0.3 is 9.80 Å². The smallest absolute Gasteiger partial charge is 0.241 e. The Kier molecular flexibility index (Phi) is 4.69. The molecule has 1 aromatic rings. The van der Waals surface area contributed by atoms with Gasteiger partial charge in [0, 0.05) is 12.1 Å². The van der Waals surface area contributed by atoms with Gasteiger partial charge in [0.05, 0.1) is 12.2 Å². The molecule has 2 atom stereocenters. The monoisotopic (exact) mass is 289 g/mol. The zero-order chi connectivity index (χ0) is 15.6. The molecule has 0 saturated carbocycles. The third kappa shape index (κ3) is 3.63. The fourth-order valence-corrected chi connectivity index (χ4v) is 2.61. The summed E-state index contributed by atoms with van der Waals surface area (Å²) in [6.07, 6.45) is 0.841. The van der Waals surface area contributed by atoms with Crippen LogP contribution in [-0.2, 0) is 11.2 Å². The molecule has 1 amide bonds. The Morgan fingerprint density at radius 3 is 2.43 bits per heavy atom. The van der Waals surface area contributed by atoms with Gasteiger partial charge in [0.1, 0.15) is 0 Å². The Morgan fingerprint density at radius 2 is 1.86 bits per heavy atom. The maximum absolute atomic E-state index is 12.7. The van der Waals surface area contributed by atoms with Crippen molar-refractivity contribution in [2.45, 2.75) is 44.9 Å². The molecule has 4 nitrogen and oxygen atoms in total. The normalized spacial score (nSPS) is 23.1. The van der Waals surface area contributed by atoms with E-state index in [1.54, 1.807) is 0 Å². The van der Waals surface area contributed by atoms with E-state index >= 15 is 0 Å². The van der Waals surface area contributed by atoms with Gasteiger partial charge in [0.25, 0.3) is 0 Å². The van der Waals surface area contributed by atoms with E-state index in [0.29, 0.717) is 0 Å². The zero-order valence-corrected chi connectivity index (χ0v) is 13.8. The minimum absolute atomic E-state index is 0.0345. The molecule has 1 saturated heterocycles. The van der Waals surface area contributed by atoms with E-state index in [1.165, 1.54) is 5.56 Å². The largest absolute Gasteiger partial charge is 0.324 e. The predicted molar refractivity (Wildman–Crippen MR) is 86.0 cm³/mol. The average Bonchev–Trinajstić information content (AvgIpc) is 2.67. The molecule has 116 valence electrons. The number of likely N-dealkylation sites (N-methyl/N-ethyl adjacent to an activating group) is 1. The summed E-state index contributed by atoms with van der Waals surface area (Å²) < 4.78 is 0. The molecule has 1 N–H and O–H groups in total. The lowest BCUT2D eigenvalue weighted by Crippen LogP contribution is -2.51. The summed E-state index contributed by atoms with van der Waals surface area (Å²) in [5.74, 6) is 0.210. The fraction of sp³-hybridized carbons (Fsp3) is 0.588. The quantitative estimate of drug-likeness (QED) is 0.896. The average molecular weight is 289 g/mol. The third-order valence-corrected chi connectivity index (χ3v) is 4.54. The van der Waals surface area contributed by atoms with Crippen LogP contribution >= 0.6 is 0 Å². The molecule has 0 bridgehead atoms. The van der Waals surface area contributed by atoms with E-state index in [-0.39, 0.29) is 23.7 Å². The van der Waals surface area contributed by atoms with Crippen LogP contribution in [0.15, 0.2) is 30.3 Å². The minimum atomic E-state index is -0.111. The number of amides is 1. The lowest BCUT2D eigenvalue weighted by Gasteiger charge is -2.37. The highest BCUT2D eigenvalue weighted by atomic mass is 16.2. The van der Waals surface area contributed by atoms with Gasteiger partial charge in [-0.2, -0.15) is 0 Å². The Morgan fingerprint density at radius 1 is 1.24 bits per heavy atom. The Bertz CT molecular complexity index is 484. The van der Waals surface area contributed by atoms with Gasteiger partial charge in [0.2, 0.25) is 5.91 Å². The molecule has 0 aliphatic carbocycles. The van der Waals surface area contributed by atoms with Crippen LogP contribution in [0.25, 0.3) is 0 Å². The summed E-state index contributed by atoms with van der Waals surface area (Å²) in [6.45, 7) is 7.13. The van der Waals surface area contributed by atoms with E-state index in [2.05, 4.69) is 57.2 Å². The first-order valence-corrected chi connectivity index (χ1v) is 7.59. The van der Waals surface area contributed by atoms with Crippen molar-refractivity contribution >= 4 is 5.91 Å². The van der Waals surface area contributed by atoms with Gasteiger partial charge >= 0.3 is 0 Å². The van der Waals surface area contributed by atoms with Crippen LogP contribution in [0.2, 0.25) is 0 Å². The second kappa shape index (κ2) is 6.16. The summed E-state index contributed by atoms with van der Waals surface area (Å²) in [6, 6.07) is 10.1. The molecule has 0 spiro atoms. The SMILES string of the molecule is CC1NC(Cc2ccccc2)C(=O)N1CC(C)(C)N(C)C. The van der Waals surface area contributed by atoms with Crippen LogP contribution in [-0.4, -0.2) is 54.1 Å². The molecular weight excluding hydrogens is 262 g/mol. The highest BCUT2D eigenvalue weighted by Gasteiger charge is 2.39. The van der Waals surface area contributed by atoms with Crippen molar-refractivity contribution < 1.29 is 4.79 Å². The van der Waals surface area contributed by atoms with Gasteiger partial charge in [0.15, 0.2) is 0 Å². The number of carbonyl (C=O) groups excluding carboxylic acids is 1. The van der Waals surface area contributed by atoms with Crippen molar-refractivity contribution in [3.05, 3.63) is 35.9 Å². The second-order valence-corrected chi connectivity index (χ2v) is 6.76. The standard InChI is InChI=1S/C17H27N3O/c1-13-18-15(11-14-9-7-6-8-10-14)16(21)20(13)12-17(2,3)19(4)5/h6-10,13,15,18H,11-12H2,1-5H3. The Balaban J connectivity index is 2.05. The van der Waals surface area contributed by atoms with Crippen LogP contribution < -0.4 is 5.32 Å². The maximum atomic E-state index is 12.7. The molecule has 2 rings (SSSR count). The first-order valence-electron chi connectivity index (χ1n) is 7.59. The van der Waals surface area contributed by atoms with E-state index in [1.807, 2.05) is 23.1 Å². The van der Waals surface area contributed by atoms with Crippen molar-refractivity contribution in [1.29, 1.82) is 0 Å². The minimum Gasteiger partial charge on any atom is -0.324 e. The first-order chi connectivity index (χ1) is 9.81. The molecule has 1 aromatic carbocycles. The summed E-state index contributed by atoms with van der Waals surface area (Å²) in [4.78, 5) is 16.8. The predicted octanol–water partition coefficient (Wildman–Crippen LogP) is 1.72. The van der Waals surface area contributed by atoms with Crippen molar-refractivity contribution in [3.8, 4) is 0 Å². The molecule has 0 radical (unpaired) electrons. The fourth-order valence-electron chi connectivity index (χ4n) is 2.61. The number of hydrogen-bond donors (Lipinski definition) is 1. The first kappa shape index (κ1) is 16.0. The van der Waals surface area contributed by atoms with E-state index < -0.39 is 0 Å². The van der Waals surface area contributed by atoms with Gasteiger partial charge in [-0.3, -0.25) is 10.1 Å². The van der Waals surface area contributed by atoms with Gasteiger partial charge in [-0.1, -0.05) is 30.3 Å². The van der Waals surface area contributed by atoms with E-state index in [0.717, 1.165) is 13.0 Å². The van der Waals surface area contributed by atoms with Gasteiger partial charge in [-0.05, 0) is 46.9 Å². The van der Waals surface area contributed by atoms with Crippen LogP contribution in [0.3, 0.4) is 0 Å². The summed E-state index contributed by atoms with van der Waals surface area (Å²) in [7, 11) is 4.11. The number of nitrogens with zero attached hydrogens (tertiary/aromatic N) is 2. The van der Waals surface area contributed by atoms with Crippen molar-refractivity contribution in [1.82, 2.24) is 15.1 Å². The molecule has 2 unspecified atom stereocenters. The maximum Gasteiger partial charge on any atom is 0.241 e. The number of rotatable bonds is 5. The summed E-state index contributed by atoms with van der Waals surface area (Å²) >= 11 is 0. The van der Waals surface area contributed by atoms with Crippen molar-refractivity contribution in [2.75, 3.05) is 20.6 Å². The highest BCUT2D eigenvalue weighted by molar-refractivity contribution is 5.84. The molecule has 1 heterocycles. The van der Waals surface area contributed by atoms with Crippen molar-refractivity contribution in [2.24, 2.45) is 0 Å². The molecule has 4 heteroatoms. The molecular formula is C17H27N3O. The number of nitrogens with one attached hydrogen (secondary N) is 1. The molecule has 1 aliphatic heterocycles. The topological polar surface area (TPSA) is 35.6 Å². The Labute approximate surface area is 128 Å². The van der Waals surface area contributed by atoms with Gasteiger partial charge in [-0.25, -0.2) is 0 Å². The highest BCUT2D eigenvalue weighted by Crippen LogP contribution is 2.20. The number of benzene rings is 1.